The van der Waals surface area contributed by atoms with Crippen molar-refractivity contribution in [1.29, 1.82) is 0 Å². The quantitative estimate of drug-likeness (QED) is 0.353. The number of nitro benzene ring substituents is 1. The predicted molar refractivity (Wildman–Crippen MR) is 84.9 cm³/mol. The second-order valence-electron chi connectivity index (χ2n) is 4.64. The number of hydrogen-bond donors (Lipinski definition) is 0. The van der Waals surface area contributed by atoms with Crippen LogP contribution in [0, 0.1) is 10.1 Å². The summed E-state index contributed by atoms with van der Waals surface area (Å²) in [5.74, 6) is 0.206. The molecule has 2 aromatic carbocycles. The van der Waals surface area contributed by atoms with Crippen LogP contribution in [0.4, 0.5) is 5.69 Å². The molecule has 0 heterocycles. The highest BCUT2D eigenvalue weighted by Crippen LogP contribution is 2.17. The van der Waals surface area contributed by atoms with E-state index in [2.05, 4.69) is 4.74 Å². The first-order valence-corrected chi connectivity index (χ1v) is 6.81. The Morgan fingerprint density at radius 1 is 1.22 bits per heavy atom. The summed E-state index contributed by atoms with van der Waals surface area (Å²) in [5.41, 5.74) is 1.67. The fourth-order valence-electron chi connectivity index (χ4n) is 1.82. The Bertz CT molecular complexity index is 722. The van der Waals surface area contributed by atoms with E-state index in [1.54, 1.807) is 30.3 Å². The van der Waals surface area contributed by atoms with E-state index in [4.69, 9.17) is 4.74 Å². The number of ether oxygens (including phenoxy) is 2. The highest BCUT2D eigenvalue weighted by molar-refractivity contribution is 5.86. The molecule has 0 aliphatic rings. The number of methoxy groups -OCH3 is 1. The number of benzene rings is 2. The molecule has 0 aliphatic carbocycles. The van der Waals surface area contributed by atoms with Gasteiger partial charge in [-0.15, -0.1) is 0 Å². The van der Waals surface area contributed by atoms with Crippen molar-refractivity contribution in [2.24, 2.45) is 0 Å². The summed E-state index contributed by atoms with van der Waals surface area (Å²) < 4.78 is 10.2. The molecule has 0 aromatic heterocycles. The van der Waals surface area contributed by atoms with E-state index in [0.29, 0.717) is 12.4 Å². The average molecular weight is 313 g/mol. The van der Waals surface area contributed by atoms with Gasteiger partial charge in [0.25, 0.3) is 5.69 Å². The third-order valence-electron chi connectivity index (χ3n) is 3.02. The van der Waals surface area contributed by atoms with Crippen molar-refractivity contribution in [1.82, 2.24) is 0 Å². The maximum atomic E-state index is 11.1. The zero-order valence-electron chi connectivity index (χ0n) is 12.5. The molecule has 0 aliphatic heterocycles. The first kappa shape index (κ1) is 16.2. The number of carbonyl (C=O) groups is 1. The van der Waals surface area contributed by atoms with Crippen molar-refractivity contribution in [2.75, 3.05) is 7.11 Å². The van der Waals surface area contributed by atoms with Gasteiger partial charge in [-0.05, 0) is 41.5 Å². The van der Waals surface area contributed by atoms with E-state index in [-0.39, 0.29) is 5.69 Å². The molecule has 6 heteroatoms. The summed E-state index contributed by atoms with van der Waals surface area (Å²) in [6.45, 7) is 0.294. The molecule has 0 fully saturated rings. The van der Waals surface area contributed by atoms with Crippen LogP contribution in [-0.4, -0.2) is 18.0 Å². The number of esters is 1. The molecule has 23 heavy (non-hydrogen) atoms. The summed E-state index contributed by atoms with van der Waals surface area (Å²) in [5, 5.41) is 10.6. The average Bonchev–Trinajstić information content (AvgIpc) is 2.58. The lowest BCUT2D eigenvalue weighted by atomic mass is 10.2. The molecule has 2 rings (SSSR count). The smallest absolute Gasteiger partial charge is 0.330 e. The lowest BCUT2D eigenvalue weighted by Crippen LogP contribution is -1.96. The van der Waals surface area contributed by atoms with Gasteiger partial charge in [0.1, 0.15) is 12.4 Å². The normalized spacial score (nSPS) is 10.5. The van der Waals surface area contributed by atoms with Crippen LogP contribution in [0.1, 0.15) is 11.1 Å². The molecular weight excluding hydrogens is 298 g/mol. The molecule has 0 saturated heterocycles. The maximum absolute atomic E-state index is 11.1. The third kappa shape index (κ3) is 4.96. The topological polar surface area (TPSA) is 78.7 Å². The highest BCUT2D eigenvalue weighted by atomic mass is 16.6. The number of hydrogen-bond acceptors (Lipinski definition) is 5. The lowest BCUT2D eigenvalue weighted by molar-refractivity contribution is -0.384. The van der Waals surface area contributed by atoms with Crippen molar-refractivity contribution >= 4 is 17.7 Å². The molecule has 0 unspecified atom stereocenters. The Hall–Kier alpha value is -3.15. The molecule has 0 radical (unpaired) electrons. The van der Waals surface area contributed by atoms with E-state index < -0.39 is 10.9 Å². The zero-order valence-corrected chi connectivity index (χ0v) is 12.5. The van der Waals surface area contributed by atoms with Crippen LogP contribution in [0.2, 0.25) is 0 Å². The maximum Gasteiger partial charge on any atom is 0.330 e. The molecular formula is C17H15NO5. The Labute approximate surface area is 133 Å². The molecule has 0 spiro atoms. The van der Waals surface area contributed by atoms with Crippen LogP contribution in [-0.2, 0) is 16.1 Å². The van der Waals surface area contributed by atoms with Gasteiger partial charge in [-0.25, -0.2) is 4.79 Å². The van der Waals surface area contributed by atoms with Crippen LogP contribution in [0.25, 0.3) is 6.08 Å². The van der Waals surface area contributed by atoms with E-state index in [0.717, 1.165) is 11.1 Å². The van der Waals surface area contributed by atoms with Gasteiger partial charge >= 0.3 is 5.97 Å². The summed E-state index contributed by atoms with van der Waals surface area (Å²) >= 11 is 0. The molecule has 0 bridgehead atoms. The van der Waals surface area contributed by atoms with Gasteiger partial charge in [0.05, 0.1) is 12.0 Å². The molecule has 0 saturated carbocycles. The van der Waals surface area contributed by atoms with Crippen molar-refractivity contribution in [2.45, 2.75) is 6.61 Å². The minimum absolute atomic E-state index is 0.0451. The summed E-state index contributed by atoms with van der Waals surface area (Å²) in [7, 11) is 1.32. The standard InChI is InChI=1S/C17H15NO5/c1-22-17(19)10-7-13-3-2-4-16(11-13)23-12-14-5-8-15(9-6-14)18(20)21/h2-11H,12H2,1H3/b10-7+. The first-order chi connectivity index (χ1) is 11.1. The Kier molecular flexibility index (Phi) is 5.46. The number of rotatable bonds is 6. The van der Waals surface area contributed by atoms with Gasteiger partial charge < -0.3 is 9.47 Å². The fraction of sp³-hybridized carbons (Fsp3) is 0.118. The Morgan fingerprint density at radius 2 is 1.96 bits per heavy atom. The van der Waals surface area contributed by atoms with E-state index in [1.807, 2.05) is 12.1 Å². The van der Waals surface area contributed by atoms with Crippen LogP contribution in [0.3, 0.4) is 0 Å². The molecule has 0 amide bonds. The van der Waals surface area contributed by atoms with Crippen LogP contribution < -0.4 is 4.74 Å². The summed E-state index contributed by atoms with van der Waals surface area (Å²) in [4.78, 5) is 21.2. The predicted octanol–water partition coefficient (Wildman–Crippen LogP) is 3.36. The van der Waals surface area contributed by atoms with Crippen LogP contribution in [0.5, 0.6) is 5.75 Å². The molecule has 0 atom stereocenters. The van der Waals surface area contributed by atoms with Gasteiger partial charge in [-0.3, -0.25) is 10.1 Å². The Balaban J connectivity index is 1.99. The highest BCUT2D eigenvalue weighted by Gasteiger charge is 2.04. The van der Waals surface area contributed by atoms with Gasteiger partial charge in [-0.2, -0.15) is 0 Å². The van der Waals surface area contributed by atoms with Gasteiger partial charge in [-0.1, -0.05) is 12.1 Å². The van der Waals surface area contributed by atoms with Crippen molar-refractivity contribution in [3.05, 3.63) is 75.8 Å². The van der Waals surface area contributed by atoms with Crippen molar-refractivity contribution < 1.29 is 19.2 Å². The second-order valence-corrected chi connectivity index (χ2v) is 4.64. The number of non-ortho nitro benzene ring substituents is 1. The minimum Gasteiger partial charge on any atom is -0.489 e. The van der Waals surface area contributed by atoms with Crippen molar-refractivity contribution in [3.8, 4) is 5.75 Å². The van der Waals surface area contributed by atoms with E-state index >= 15 is 0 Å². The van der Waals surface area contributed by atoms with E-state index in [9.17, 15) is 14.9 Å². The zero-order chi connectivity index (χ0) is 16.7. The summed E-state index contributed by atoms with van der Waals surface area (Å²) in [6, 6.07) is 13.4. The fourth-order valence-corrected chi connectivity index (χ4v) is 1.82. The van der Waals surface area contributed by atoms with Gasteiger partial charge in [0, 0.05) is 18.2 Å². The molecule has 6 nitrogen and oxygen atoms in total. The van der Waals surface area contributed by atoms with E-state index in [1.165, 1.54) is 25.3 Å². The second kappa shape index (κ2) is 7.74. The molecule has 118 valence electrons. The van der Waals surface area contributed by atoms with Crippen LogP contribution >= 0.6 is 0 Å². The third-order valence-corrected chi connectivity index (χ3v) is 3.02. The lowest BCUT2D eigenvalue weighted by Gasteiger charge is -2.07. The SMILES string of the molecule is COC(=O)/C=C/c1cccc(OCc2ccc([N+](=O)[O-])cc2)c1. The number of nitrogens with zero attached hydrogens (tertiary/aromatic N) is 1. The van der Waals surface area contributed by atoms with Gasteiger partial charge in [0.2, 0.25) is 0 Å². The number of nitro groups is 1. The number of carbonyl (C=O) groups excluding carboxylic acids is 1. The largest absolute Gasteiger partial charge is 0.489 e. The Morgan fingerprint density at radius 3 is 2.61 bits per heavy atom. The van der Waals surface area contributed by atoms with Gasteiger partial charge in [0.15, 0.2) is 0 Å². The monoisotopic (exact) mass is 313 g/mol. The minimum atomic E-state index is -0.443. The van der Waals surface area contributed by atoms with Crippen molar-refractivity contribution in [3.63, 3.8) is 0 Å². The first-order valence-electron chi connectivity index (χ1n) is 6.81. The summed E-state index contributed by atoms with van der Waals surface area (Å²) in [6.07, 6.45) is 2.96. The van der Waals surface area contributed by atoms with Crippen LogP contribution in [0.15, 0.2) is 54.6 Å². The molecule has 2 aromatic rings. The molecule has 0 N–H and O–H groups in total.